The Hall–Kier alpha value is -2.34. The van der Waals surface area contributed by atoms with Gasteiger partial charge in [-0.1, -0.05) is 6.07 Å². The van der Waals surface area contributed by atoms with Gasteiger partial charge in [0.25, 0.3) is 0 Å². The van der Waals surface area contributed by atoms with Crippen LogP contribution in [0.3, 0.4) is 0 Å². The van der Waals surface area contributed by atoms with Crippen LogP contribution in [-0.2, 0) is 6.61 Å². The molecule has 0 N–H and O–H groups in total. The van der Waals surface area contributed by atoms with Gasteiger partial charge in [-0.05, 0) is 19.1 Å². The Bertz CT molecular complexity index is 683. The second-order valence-corrected chi connectivity index (χ2v) is 5.11. The number of aryl methyl sites for hydroxylation is 1. The van der Waals surface area contributed by atoms with Gasteiger partial charge in [-0.3, -0.25) is 4.98 Å². The molecule has 20 heavy (non-hydrogen) atoms. The fraction of sp³-hybridized carbons (Fsp3) is 0.143. The molecule has 0 amide bonds. The molecule has 0 aromatic carbocycles. The van der Waals surface area contributed by atoms with Gasteiger partial charge >= 0.3 is 6.01 Å². The van der Waals surface area contributed by atoms with Crippen molar-refractivity contribution < 1.29 is 4.74 Å². The van der Waals surface area contributed by atoms with Crippen LogP contribution in [0.5, 0.6) is 6.01 Å². The number of rotatable bonds is 4. The Labute approximate surface area is 120 Å². The first kappa shape index (κ1) is 12.7. The van der Waals surface area contributed by atoms with E-state index in [-0.39, 0.29) is 0 Å². The van der Waals surface area contributed by atoms with E-state index in [2.05, 4.69) is 19.9 Å². The molecule has 100 valence electrons. The fourth-order valence-electron chi connectivity index (χ4n) is 1.68. The number of nitrogens with zero attached hydrogens (tertiary/aromatic N) is 4. The number of hydrogen-bond donors (Lipinski definition) is 0. The van der Waals surface area contributed by atoms with E-state index in [1.54, 1.807) is 29.9 Å². The summed E-state index contributed by atoms with van der Waals surface area (Å²) in [5, 5.41) is 2.81. The number of hydrogen-bond acceptors (Lipinski definition) is 6. The van der Waals surface area contributed by atoms with E-state index in [9.17, 15) is 0 Å². The number of ether oxygens (including phenoxy) is 1. The molecule has 0 saturated carbocycles. The Morgan fingerprint density at radius 2 is 2.00 bits per heavy atom. The average molecular weight is 284 g/mol. The maximum atomic E-state index is 5.47. The average Bonchev–Trinajstić information content (AvgIpc) is 2.99. The lowest BCUT2D eigenvalue weighted by atomic mass is 10.2. The molecule has 0 radical (unpaired) electrons. The van der Waals surface area contributed by atoms with Gasteiger partial charge in [-0.15, -0.1) is 11.3 Å². The quantitative estimate of drug-likeness (QED) is 0.737. The van der Waals surface area contributed by atoms with E-state index in [0.29, 0.717) is 12.6 Å². The number of thiazole rings is 1. The van der Waals surface area contributed by atoms with Crippen molar-refractivity contribution in [2.45, 2.75) is 13.5 Å². The van der Waals surface area contributed by atoms with Crippen molar-refractivity contribution in [3.8, 4) is 17.3 Å². The molecule has 0 aliphatic carbocycles. The predicted molar refractivity (Wildman–Crippen MR) is 76.4 cm³/mol. The van der Waals surface area contributed by atoms with Crippen molar-refractivity contribution in [1.29, 1.82) is 0 Å². The van der Waals surface area contributed by atoms with Gasteiger partial charge in [0.15, 0.2) is 0 Å². The van der Waals surface area contributed by atoms with Crippen molar-refractivity contribution >= 4 is 11.3 Å². The van der Waals surface area contributed by atoms with Crippen LogP contribution >= 0.6 is 11.3 Å². The zero-order valence-corrected chi connectivity index (χ0v) is 11.7. The summed E-state index contributed by atoms with van der Waals surface area (Å²) < 4.78 is 5.47. The number of pyridine rings is 1. The van der Waals surface area contributed by atoms with E-state index < -0.39 is 0 Å². The normalized spacial score (nSPS) is 10.4. The summed E-state index contributed by atoms with van der Waals surface area (Å²) in [7, 11) is 0. The minimum Gasteiger partial charge on any atom is -0.456 e. The molecule has 5 nitrogen and oxygen atoms in total. The summed E-state index contributed by atoms with van der Waals surface area (Å²) in [6.07, 6.45) is 5.18. The second-order valence-electron chi connectivity index (χ2n) is 4.13. The van der Waals surface area contributed by atoms with Crippen molar-refractivity contribution in [1.82, 2.24) is 19.9 Å². The third-order valence-corrected chi connectivity index (χ3v) is 3.37. The predicted octanol–water partition coefficient (Wildman–Crippen LogP) is 2.88. The SMILES string of the molecule is Cc1cccc(-c2cnc(OCc3nccs3)nc2)n1. The summed E-state index contributed by atoms with van der Waals surface area (Å²) in [6, 6.07) is 6.19. The molecule has 0 saturated heterocycles. The van der Waals surface area contributed by atoms with Gasteiger partial charge in [0, 0.05) is 35.2 Å². The highest BCUT2D eigenvalue weighted by Crippen LogP contribution is 2.17. The molecule has 3 aromatic heterocycles. The molecule has 3 heterocycles. The molecule has 0 aliphatic heterocycles. The Morgan fingerprint density at radius 3 is 2.70 bits per heavy atom. The molecular weight excluding hydrogens is 272 g/mol. The zero-order valence-electron chi connectivity index (χ0n) is 10.9. The number of aromatic nitrogens is 4. The van der Waals surface area contributed by atoms with Crippen molar-refractivity contribution in [2.24, 2.45) is 0 Å². The third kappa shape index (κ3) is 2.97. The van der Waals surface area contributed by atoms with E-state index in [0.717, 1.165) is 22.0 Å². The van der Waals surface area contributed by atoms with Crippen LogP contribution in [0.1, 0.15) is 10.7 Å². The van der Waals surface area contributed by atoms with E-state index in [1.807, 2.05) is 30.5 Å². The van der Waals surface area contributed by atoms with Crippen LogP contribution in [-0.4, -0.2) is 19.9 Å². The summed E-state index contributed by atoms with van der Waals surface area (Å²) in [6.45, 7) is 2.34. The van der Waals surface area contributed by atoms with Crippen molar-refractivity contribution in [3.05, 3.63) is 52.9 Å². The Kier molecular flexibility index (Phi) is 3.64. The smallest absolute Gasteiger partial charge is 0.316 e. The van der Waals surface area contributed by atoms with Gasteiger partial charge in [0.05, 0.1) is 5.69 Å². The molecule has 3 aromatic rings. The highest BCUT2D eigenvalue weighted by molar-refractivity contribution is 7.09. The molecule has 0 atom stereocenters. The molecule has 0 unspecified atom stereocenters. The standard InChI is InChI=1S/C14H12N4OS/c1-10-3-2-4-12(18-10)11-7-16-14(17-8-11)19-9-13-15-5-6-20-13/h2-8H,9H2,1H3. The first-order valence-corrected chi connectivity index (χ1v) is 6.96. The van der Waals surface area contributed by atoms with Gasteiger partial charge in [-0.2, -0.15) is 0 Å². The van der Waals surface area contributed by atoms with Gasteiger partial charge in [-0.25, -0.2) is 15.0 Å². The molecule has 3 rings (SSSR count). The lowest BCUT2D eigenvalue weighted by Gasteiger charge is -2.04. The monoisotopic (exact) mass is 284 g/mol. The molecule has 6 heteroatoms. The first-order chi connectivity index (χ1) is 9.81. The Balaban J connectivity index is 1.71. The second kappa shape index (κ2) is 5.75. The largest absolute Gasteiger partial charge is 0.456 e. The lowest BCUT2D eigenvalue weighted by molar-refractivity contribution is 0.280. The van der Waals surface area contributed by atoms with E-state index in [4.69, 9.17) is 4.74 Å². The minimum atomic E-state index is 0.344. The van der Waals surface area contributed by atoms with Gasteiger partial charge in [0.1, 0.15) is 11.6 Å². The van der Waals surface area contributed by atoms with Gasteiger partial charge < -0.3 is 4.74 Å². The molecule has 0 aliphatic rings. The highest BCUT2D eigenvalue weighted by Gasteiger charge is 2.04. The maximum Gasteiger partial charge on any atom is 0.316 e. The van der Waals surface area contributed by atoms with Crippen LogP contribution in [0.4, 0.5) is 0 Å². The minimum absolute atomic E-state index is 0.344. The lowest BCUT2D eigenvalue weighted by Crippen LogP contribution is -1.99. The summed E-state index contributed by atoms with van der Waals surface area (Å²) in [4.78, 5) is 16.9. The van der Waals surface area contributed by atoms with E-state index >= 15 is 0 Å². The van der Waals surface area contributed by atoms with Gasteiger partial charge in [0.2, 0.25) is 0 Å². The molecule has 0 fully saturated rings. The van der Waals surface area contributed by atoms with Crippen LogP contribution in [0.15, 0.2) is 42.2 Å². The molecule has 0 bridgehead atoms. The summed E-state index contributed by atoms with van der Waals surface area (Å²) in [5.41, 5.74) is 2.69. The molecular formula is C14H12N4OS. The Morgan fingerprint density at radius 1 is 1.15 bits per heavy atom. The highest BCUT2D eigenvalue weighted by atomic mass is 32.1. The van der Waals surface area contributed by atoms with Crippen LogP contribution in [0.25, 0.3) is 11.3 Å². The summed E-state index contributed by atoms with van der Waals surface area (Å²) >= 11 is 1.54. The molecule has 0 spiro atoms. The fourth-order valence-corrected chi connectivity index (χ4v) is 2.20. The van der Waals surface area contributed by atoms with Crippen molar-refractivity contribution in [3.63, 3.8) is 0 Å². The van der Waals surface area contributed by atoms with E-state index in [1.165, 1.54) is 0 Å². The summed E-state index contributed by atoms with van der Waals surface area (Å²) in [5.74, 6) is 0. The maximum absolute atomic E-state index is 5.47. The van der Waals surface area contributed by atoms with Crippen LogP contribution in [0, 0.1) is 6.92 Å². The van der Waals surface area contributed by atoms with Crippen LogP contribution in [0.2, 0.25) is 0 Å². The van der Waals surface area contributed by atoms with Crippen LogP contribution < -0.4 is 4.74 Å². The topological polar surface area (TPSA) is 60.8 Å². The third-order valence-electron chi connectivity index (χ3n) is 2.62. The van der Waals surface area contributed by atoms with Crippen molar-refractivity contribution in [2.75, 3.05) is 0 Å². The zero-order chi connectivity index (χ0) is 13.8. The first-order valence-electron chi connectivity index (χ1n) is 6.08.